The van der Waals surface area contributed by atoms with Gasteiger partial charge in [-0.1, -0.05) is 0 Å². The summed E-state index contributed by atoms with van der Waals surface area (Å²) >= 11 is 0. The van der Waals surface area contributed by atoms with Gasteiger partial charge in [-0.2, -0.15) is 0 Å². The SMILES string of the molecule is [NH3+][C@@H](CC(=O)[O-])c1ccc(O)cc1. The Morgan fingerprint density at radius 1 is 1.46 bits per heavy atom. The summed E-state index contributed by atoms with van der Waals surface area (Å²) in [6, 6.07) is 5.97. The van der Waals surface area contributed by atoms with Crippen LogP contribution in [0.1, 0.15) is 18.0 Å². The second kappa shape index (κ2) is 3.91. The molecule has 0 amide bonds. The van der Waals surface area contributed by atoms with Crippen molar-refractivity contribution in [2.45, 2.75) is 12.5 Å². The number of hydrogen-bond donors (Lipinski definition) is 2. The van der Waals surface area contributed by atoms with E-state index in [9.17, 15) is 9.90 Å². The van der Waals surface area contributed by atoms with Crippen molar-refractivity contribution in [3.05, 3.63) is 29.8 Å². The van der Waals surface area contributed by atoms with Gasteiger partial charge in [-0.05, 0) is 24.3 Å². The highest BCUT2D eigenvalue weighted by Gasteiger charge is 2.08. The number of phenolic OH excluding ortho intramolecular Hbond substituents is 1. The first-order valence-corrected chi connectivity index (χ1v) is 3.91. The smallest absolute Gasteiger partial charge is 0.115 e. The molecule has 4 heteroatoms. The minimum atomic E-state index is -1.12. The van der Waals surface area contributed by atoms with E-state index in [1.807, 2.05) is 0 Å². The molecule has 0 saturated carbocycles. The van der Waals surface area contributed by atoms with Crippen LogP contribution >= 0.6 is 0 Å². The summed E-state index contributed by atoms with van der Waals surface area (Å²) in [6.45, 7) is 0. The lowest BCUT2D eigenvalue weighted by Gasteiger charge is -2.08. The topological polar surface area (TPSA) is 88.0 Å². The van der Waals surface area contributed by atoms with E-state index in [0.29, 0.717) is 0 Å². The number of carbonyl (C=O) groups is 1. The minimum absolute atomic E-state index is 0.106. The number of carboxylic acid groups (broad SMARTS) is 1. The van der Waals surface area contributed by atoms with Crippen LogP contribution in [0.2, 0.25) is 0 Å². The summed E-state index contributed by atoms with van der Waals surface area (Å²) in [4.78, 5) is 10.2. The van der Waals surface area contributed by atoms with E-state index in [4.69, 9.17) is 5.11 Å². The fourth-order valence-corrected chi connectivity index (χ4v) is 1.07. The molecule has 0 fully saturated rings. The van der Waals surface area contributed by atoms with E-state index < -0.39 is 5.97 Å². The Morgan fingerprint density at radius 3 is 2.46 bits per heavy atom. The van der Waals surface area contributed by atoms with E-state index in [1.54, 1.807) is 12.1 Å². The van der Waals surface area contributed by atoms with Crippen molar-refractivity contribution in [2.24, 2.45) is 0 Å². The Balaban J connectivity index is 2.71. The first-order valence-electron chi connectivity index (χ1n) is 3.91. The molecule has 0 heterocycles. The molecule has 0 aromatic heterocycles. The van der Waals surface area contributed by atoms with Crippen LogP contribution in [-0.2, 0) is 4.79 Å². The molecule has 1 atom stereocenters. The molecular weight excluding hydrogens is 170 g/mol. The Kier molecular flexibility index (Phi) is 2.87. The van der Waals surface area contributed by atoms with Crippen LogP contribution in [0.15, 0.2) is 24.3 Å². The number of rotatable bonds is 3. The Hall–Kier alpha value is -1.55. The van der Waals surface area contributed by atoms with Gasteiger partial charge in [0.15, 0.2) is 0 Å². The molecule has 0 aliphatic heterocycles. The van der Waals surface area contributed by atoms with Crippen LogP contribution in [0.5, 0.6) is 5.75 Å². The summed E-state index contributed by atoms with van der Waals surface area (Å²) in [5, 5.41) is 19.2. The molecular formula is C9H11NO3. The van der Waals surface area contributed by atoms with E-state index in [2.05, 4.69) is 5.73 Å². The van der Waals surface area contributed by atoms with Crippen LogP contribution in [-0.4, -0.2) is 11.1 Å². The van der Waals surface area contributed by atoms with Gasteiger partial charge < -0.3 is 20.7 Å². The highest BCUT2D eigenvalue weighted by atomic mass is 16.4. The molecule has 0 unspecified atom stereocenters. The van der Waals surface area contributed by atoms with Gasteiger partial charge in [0.25, 0.3) is 0 Å². The molecule has 1 aromatic carbocycles. The lowest BCUT2D eigenvalue weighted by atomic mass is 10.1. The number of phenols is 1. The second-order valence-corrected chi connectivity index (χ2v) is 2.86. The van der Waals surface area contributed by atoms with E-state index in [-0.39, 0.29) is 18.2 Å². The molecule has 70 valence electrons. The molecule has 0 radical (unpaired) electrons. The molecule has 1 rings (SSSR count). The van der Waals surface area contributed by atoms with E-state index in [1.165, 1.54) is 12.1 Å². The van der Waals surface area contributed by atoms with Gasteiger partial charge in [0.2, 0.25) is 0 Å². The van der Waals surface area contributed by atoms with Gasteiger partial charge in [0.05, 0.1) is 0 Å². The number of quaternary nitrogens is 1. The highest BCUT2D eigenvalue weighted by molar-refractivity contribution is 5.65. The maximum atomic E-state index is 10.2. The summed E-state index contributed by atoms with van der Waals surface area (Å²) < 4.78 is 0. The van der Waals surface area contributed by atoms with Crippen molar-refractivity contribution in [1.82, 2.24) is 0 Å². The number of aliphatic carboxylic acids is 1. The maximum absolute atomic E-state index is 10.2. The number of aromatic hydroxyl groups is 1. The van der Waals surface area contributed by atoms with E-state index in [0.717, 1.165) is 5.56 Å². The first-order chi connectivity index (χ1) is 6.09. The van der Waals surface area contributed by atoms with Gasteiger partial charge in [0, 0.05) is 18.0 Å². The number of hydrogen-bond acceptors (Lipinski definition) is 3. The molecule has 4 N–H and O–H groups in total. The van der Waals surface area contributed by atoms with Crippen molar-refractivity contribution in [3.8, 4) is 5.75 Å². The van der Waals surface area contributed by atoms with Crippen LogP contribution in [0.4, 0.5) is 0 Å². The van der Waals surface area contributed by atoms with Crippen LogP contribution in [0.3, 0.4) is 0 Å². The predicted octanol–water partition coefficient (Wildman–Crippen LogP) is -1.18. The zero-order valence-corrected chi connectivity index (χ0v) is 7.06. The van der Waals surface area contributed by atoms with Crippen LogP contribution in [0.25, 0.3) is 0 Å². The summed E-state index contributed by atoms with van der Waals surface area (Å²) in [5.74, 6) is -0.961. The number of benzene rings is 1. The largest absolute Gasteiger partial charge is 0.550 e. The van der Waals surface area contributed by atoms with Gasteiger partial charge in [0.1, 0.15) is 11.8 Å². The minimum Gasteiger partial charge on any atom is -0.550 e. The van der Waals surface area contributed by atoms with Crippen molar-refractivity contribution < 1.29 is 20.7 Å². The maximum Gasteiger partial charge on any atom is 0.115 e. The standard InChI is InChI=1S/C9H11NO3/c10-8(5-9(12)13)6-1-3-7(11)4-2-6/h1-4,8,11H,5,10H2,(H,12,13)/t8-/m0/s1. The van der Waals surface area contributed by atoms with Crippen LogP contribution in [0, 0.1) is 0 Å². The quantitative estimate of drug-likeness (QED) is 0.615. The average Bonchev–Trinajstić information content (AvgIpc) is 2.04. The molecule has 13 heavy (non-hydrogen) atoms. The second-order valence-electron chi connectivity index (χ2n) is 2.86. The summed E-state index contributed by atoms with van der Waals surface area (Å²) in [6.07, 6.45) is -0.106. The van der Waals surface area contributed by atoms with Crippen LogP contribution < -0.4 is 10.8 Å². The van der Waals surface area contributed by atoms with Gasteiger partial charge >= 0.3 is 0 Å². The van der Waals surface area contributed by atoms with Gasteiger partial charge in [-0.15, -0.1) is 0 Å². The zero-order chi connectivity index (χ0) is 9.84. The molecule has 0 spiro atoms. The van der Waals surface area contributed by atoms with Crippen molar-refractivity contribution >= 4 is 5.97 Å². The fourth-order valence-electron chi connectivity index (χ4n) is 1.07. The lowest BCUT2D eigenvalue weighted by Crippen LogP contribution is -2.55. The Morgan fingerprint density at radius 2 is 2.00 bits per heavy atom. The molecule has 4 nitrogen and oxygen atoms in total. The molecule has 0 aliphatic rings. The normalized spacial score (nSPS) is 12.4. The van der Waals surface area contributed by atoms with Crippen molar-refractivity contribution in [1.29, 1.82) is 0 Å². The molecule has 0 aliphatic carbocycles. The summed E-state index contributed by atoms with van der Waals surface area (Å²) in [5.41, 5.74) is 4.46. The fraction of sp³-hybridized carbons (Fsp3) is 0.222. The van der Waals surface area contributed by atoms with Crippen molar-refractivity contribution in [2.75, 3.05) is 0 Å². The zero-order valence-electron chi connectivity index (χ0n) is 7.06. The third-order valence-electron chi connectivity index (χ3n) is 1.78. The molecule has 0 bridgehead atoms. The third kappa shape index (κ3) is 2.76. The Labute approximate surface area is 75.6 Å². The first kappa shape index (κ1) is 9.54. The molecule has 0 saturated heterocycles. The van der Waals surface area contributed by atoms with E-state index >= 15 is 0 Å². The third-order valence-corrected chi connectivity index (χ3v) is 1.78. The molecule has 1 aromatic rings. The Bertz CT molecular complexity index is 294. The monoisotopic (exact) mass is 181 g/mol. The number of carboxylic acids is 1. The highest BCUT2D eigenvalue weighted by Crippen LogP contribution is 2.15. The summed E-state index contributed by atoms with van der Waals surface area (Å²) in [7, 11) is 0. The lowest BCUT2D eigenvalue weighted by molar-refractivity contribution is -0.430. The average molecular weight is 181 g/mol. The van der Waals surface area contributed by atoms with Gasteiger partial charge in [-0.3, -0.25) is 0 Å². The van der Waals surface area contributed by atoms with Gasteiger partial charge in [-0.25, -0.2) is 0 Å². The number of carbonyl (C=O) groups excluding carboxylic acids is 1. The van der Waals surface area contributed by atoms with Crippen molar-refractivity contribution in [3.63, 3.8) is 0 Å². The predicted molar refractivity (Wildman–Crippen MR) is 43.4 cm³/mol.